The second-order valence-corrected chi connectivity index (χ2v) is 10.1. The van der Waals surface area contributed by atoms with Crippen molar-refractivity contribution in [2.24, 2.45) is 12.8 Å². The Balaban J connectivity index is 1.50. The predicted octanol–water partition coefficient (Wildman–Crippen LogP) is 2.11. The summed E-state index contributed by atoms with van der Waals surface area (Å²) in [6.45, 7) is 6.70. The van der Waals surface area contributed by atoms with Crippen molar-refractivity contribution in [2.75, 3.05) is 23.4 Å². The second kappa shape index (κ2) is 10.6. The Morgan fingerprint density at radius 1 is 1.22 bits per heavy atom. The number of carbonyl (C=O) groups is 2. The van der Waals surface area contributed by atoms with Gasteiger partial charge in [0, 0.05) is 42.9 Å². The molecule has 1 fully saturated rings. The van der Waals surface area contributed by atoms with Crippen LogP contribution in [0.2, 0.25) is 0 Å². The topological polar surface area (TPSA) is 151 Å². The number of hydrogen-bond donors (Lipinski definition) is 4. The van der Waals surface area contributed by atoms with Gasteiger partial charge in [0.1, 0.15) is 5.82 Å². The van der Waals surface area contributed by atoms with E-state index in [2.05, 4.69) is 30.6 Å². The molecule has 0 aliphatic carbocycles. The van der Waals surface area contributed by atoms with Crippen LogP contribution in [0.4, 0.5) is 17.3 Å². The minimum atomic E-state index is -0.685. The van der Waals surface area contributed by atoms with Crippen LogP contribution in [0.3, 0.4) is 0 Å². The molecule has 0 bridgehead atoms. The number of hydrogen-bond acceptors (Lipinski definition) is 8. The summed E-state index contributed by atoms with van der Waals surface area (Å²) in [6, 6.07) is 7.17. The number of aryl methyl sites for hydroxylation is 1. The van der Waals surface area contributed by atoms with Gasteiger partial charge in [-0.25, -0.2) is 9.97 Å². The van der Waals surface area contributed by atoms with E-state index in [9.17, 15) is 14.7 Å². The number of primary amides is 1. The molecule has 0 spiro atoms. The molecule has 2 amide bonds. The molecule has 0 radical (unpaired) electrons. The molecule has 3 heterocycles. The van der Waals surface area contributed by atoms with Crippen LogP contribution in [0.5, 0.6) is 0 Å². The minimum Gasteiger partial charge on any atom is -0.395 e. The first-order valence-electron chi connectivity index (χ1n) is 12.3. The molecule has 3 aromatic rings. The number of piperidine rings is 1. The van der Waals surface area contributed by atoms with Gasteiger partial charge in [-0.2, -0.15) is 5.10 Å². The summed E-state index contributed by atoms with van der Waals surface area (Å²) in [5.41, 5.74) is 7.38. The smallest absolute Gasteiger partial charge is 0.271 e. The maximum Gasteiger partial charge on any atom is 0.271 e. The molecule has 196 valence electrons. The number of aliphatic hydroxyl groups is 1. The van der Waals surface area contributed by atoms with E-state index in [1.807, 2.05) is 32.9 Å². The lowest BCUT2D eigenvalue weighted by atomic mass is 9.85. The average Bonchev–Trinajstić information content (AvgIpc) is 3.29. The van der Waals surface area contributed by atoms with Crippen LogP contribution in [-0.2, 0) is 12.5 Å². The zero-order valence-corrected chi connectivity index (χ0v) is 21.6. The maximum atomic E-state index is 13.0. The summed E-state index contributed by atoms with van der Waals surface area (Å²) >= 11 is 0. The van der Waals surface area contributed by atoms with Gasteiger partial charge in [0.25, 0.3) is 11.8 Å². The van der Waals surface area contributed by atoms with E-state index in [-0.39, 0.29) is 41.5 Å². The highest BCUT2D eigenvalue weighted by molar-refractivity contribution is 5.96. The molecule has 2 aromatic heterocycles. The van der Waals surface area contributed by atoms with E-state index in [0.29, 0.717) is 17.1 Å². The lowest BCUT2D eigenvalue weighted by Crippen LogP contribution is -2.54. The molecule has 5 N–H and O–H groups in total. The number of aliphatic hydroxyl groups excluding tert-OH is 1. The second-order valence-electron chi connectivity index (χ2n) is 10.1. The van der Waals surface area contributed by atoms with Crippen LogP contribution < -0.4 is 21.3 Å². The molecule has 0 saturated carbocycles. The first-order valence-corrected chi connectivity index (χ1v) is 12.3. The van der Waals surface area contributed by atoms with Gasteiger partial charge in [-0.1, -0.05) is 26.0 Å². The summed E-state index contributed by atoms with van der Waals surface area (Å²) in [4.78, 5) is 36.0. The molecule has 1 aromatic carbocycles. The van der Waals surface area contributed by atoms with Crippen LogP contribution in [0.1, 0.15) is 60.0 Å². The zero-order valence-electron chi connectivity index (χ0n) is 21.6. The van der Waals surface area contributed by atoms with Crippen molar-refractivity contribution in [1.82, 2.24) is 25.1 Å². The van der Waals surface area contributed by atoms with Crippen molar-refractivity contribution in [3.63, 3.8) is 0 Å². The van der Waals surface area contributed by atoms with E-state index >= 15 is 0 Å². The first kappa shape index (κ1) is 26.1. The zero-order chi connectivity index (χ0) is 26.7. The highest BCUT2D eigenvalue weighted by Gasteiger charge is 2.31. The standard InChI is InChI=1S/C26H34N8O3/c1-16-20(31-25(37)17-7-9-18(10-8-17)26(2,3)15-35)6-5-11-34(16)21-13-28-22(23(27)36)24(32-21)30-19-12-29-33(4)14-19/h7-10,12-14,16,20,35H,5-6,11,15H2,1-4H3,(H2,27,36)(H,30,32)(H,31,37)/t16-,20-/m1/s1. The SMILES string of the molecule is C[C@@H]1[C@H](NC(=O)c2ccc(C(C)(C)CO)cc2)CCCN1c1cnc(C(N)=O)c(Nc2cnn(C)c2)n1. The fourth-order valence-electron chi connectivity index (χ4n) is 4.48. The number of rotatable bonds is 8. The number of benzene rings is 1. The van der Waals surface area contributed by atoms with E-state index < -0.39 is 5.91 Å². The lowest BCUT2D eigenvalue weighted by molar-refractivity contribution is 0.0923. The normalized spacial score (nSPS) is 17.9. The molecule has 1 aliphatic rings. The van der Waals surface area contributed by atoms with Crippen LogP contribution in [-0.4, -0.2) is 61.9 Å². The Morgan fingerprint density at radius 2 is 1.95 bits per heavy atom. The number of amides is 2. The van der Waals surface area contributed by atoms with Crippen LogP contribution in [0.25, 0.3) is 0 Å². The summed E-state index contributed by atoms with van der Waals surface area (Å²) in [5, 5.41) is 20.0. The molecule has 1 aliphatic heterocycles. The van der Waals surface area contributed by atoms with Crippen LogP contribution in [0.15, 0.2) is 42.9 Å². The van der Waals surface area contributed by atoms with Gasteiger partial charge in [-0.3, -0.25) is 14.3 Å². The Bertz CT molecular complexity index is 1270. The number of anilines is 3. The number of nitrogens with one attached hydrogen (secondary N) is 2. The fourth-order valence-corrected chi connectivity index (χ4v) is 4.48. The number of nitrogens with zero attached hydrogens (tertiary/aromatic N) is 5. The third kappa shape index (κ3) is 5.72. The Hall–Kier alpha value is -3.99. The highest BCUT2D eigenvalue weighted by Crippen LogP contribution is 2.27. The summed E-state index contributed by atoms with van der Waals surface area (Å²) in [7, 11) is 1.79. The maximum absolute atomic E-state index is 13.0. The largest absolute Gasteiger partial charge is 0.395 e. The lowest BCUT2D eigenvalue weighted by Gasteiger charge is -2.40. The van der Waals surface area contributed by atoms with Gasteiger partial charge in [0.15, 0.2) is 11.5 Å². The molecule has 11 nitrogen and oxygen atoms in total. The number of carbonyl (C=O) groups excluding carboxylic acids is 2. The monoisotopic (exact) mass is 506 g/mol. The third-order valence-corrected chi connectivity index (χ3v) is 6.88. The van der Waals surface area contributed by atoms with Crippen LogP contribution >= 0.6 is 0 Å². The van der Waals surface area contributed by atoms with Gasteiger partial charge in [0.2, 0.25) is 0 Å². The van der Waals surface area contributed by atoms with Crippen molar-refractivity contribution < 1.29 is 14.7 Å². The van der Waals surface area contributed by atoms with Crippen molar-refractivity contribution in [3.8, 4) is 0 Å². The molecule has 2 atom stereocenters. The number of aromatic nitrogens is 4. The molecule has 0 unspecified atom stereocenters. The van der Waals surface area contributed by atoms with Gasteiger partial charge in [0.05, 0.1) is 24.7 Å². The summed E-state index contributed by atoms with van der Waals surface area (Å²) < 4.78 is 1.63. The average molecular weight is 507 g/mol. The Kier molecular flexibility index (Phi) is 7.44. The third-order valence-electron chi connectivity index (χ3n) is 6.88. The van der Waals surface area contributed by atoms with Crippen molar-refractivity contribution in [3.05, 3.63) is 59.7 Å². The molecule has 4 rings (SSSR count). The van der Waals surface area contributed by atoms with E-state index in [1.54, 1.807) is 36.3 Å². The van der Waals surface area contributed by atoms with E-state index in [1.165, 1.54) is 6.20 Å². The van der Waals surface area contributed by atoms with Crippen molar-refractivity contribution >= 4 is 29.1 Å². The molecular weight excluding hydrogens is 472 g/mol. The van der Waals surface area contributed by atoms with Crippen molar-refractivity contribution in [1.29, 1.82) is 0 Å². The Labute approximate surface area is 216 Å². The Morgan fingerprint density at radius 3 is 2.57 bits per heavy atom. The van der Waals surface area contributed by atoms with Gasteiger partial charge < -0.3 is 26.4 Å². The first-order chi connectivity index (χ1) is 17.6. The predicted molar refractivity (Wildman–Crippen MR) is 141 cm³/mol. The molecule has 1 saturated heterocycles. The highest BCUT2D eigenvalue weighted by atomic mass is 16.3. The summed E-state index contributed by atoms with van der Waals surface area (Å²) in [6.07, 6.45) is 6.59. The van der Waals surface area contributed by atoms with E-state index in [0.717, 1.165) is 24.9 Å². The quantitative estimate of drug-likeness (QED) is 0.363. The number of nitrogens with two attached hydrogens (primary N) is 1. The van der Waals surface area contributed by atoms with Crippen LogP contribution in [0, 0.1) is 0 Å². The fraction of sp³-hybridized carbons (Fsp3) is 0.423. The van der Waals surface area contributed by atoms with E-state index in [4.69, 9.17) is 5.73 Å². The molecule has 11 heteroatoms. The van der Waals surface area contributed by atoms with Gasteiger partial charge in [-0.15, -0.1) is 0 Å². The molecular formula is C26H34N8O3. The van der Waals surface area contributed by atoms with Crippen molar-refractivity contribution in [2.45, 2.75) is 51.1 Å². The van der Waals surface area contributed by atoms with Gasteiger partial charge >= 0.3 is 0 Å². The molecule has 37 heavy (non-hydrogen) atoms. The van der Waals surface area contributed by atoms with Gasteiger partial charge in [-0.05, 0) is 37.5 Å². The minimum absolute atomic E-state index is 0.0246. The summed E-state index contributed by atoms with van der Waals surface area (Å²) in [5.74, 6) is -0.00232.